The Hall–Kier alpha value is -3.26. The van der Waals surface area contributed by atoms with Gasteiger partial charge in [0.05, 0.1) is 6.61 Å². The van der Waals surface area contributed by atoms with Gasteiger partial charge in [-0.2, -0.15) is 0 Å². The number of halogens is 1. The molecule has 1 heterocycles. The molecular formula is C25H30FN3O4. The number of aryl methyl sites for hydroxylation is 1. The predicted molar refractivity (Wildman–Crippen MR) is 122 cm³/mol. The van der Waals surface area contributed by atoms with Crippen LogP contribution in [-0.4, -0.2) is 62.0 Å². The third-order valence-electron chi connectivity index (χ3n) is 5.88. The number of carbonyl (C=O) groups is 3. The second kappa shape index (κ2) is 11.6. The molecule has 2 aromatic carbocycles. The molecule has 1 saturated heterocycles. The van der Waals surface area contributed by atoms with E-state index in [1.54, 1.807) is 24.1 Å². The average Bonchev–Trinajstić information content (AvgIpc) is 2.83. The third kappa shape index (κ3) is 6.61. The van der Waals surface area contributed by atoms with E-state index in [4.69, 9.17) is 4.74 Å². The van der Waals surface area contributed by atoms with Gasteiger partial charge in [0.15, 0.2) is 0 Å². The summed E-state index contributed by atoms with van der Waals surface area (Å²) >= 11 is 0. The highest BCUT2D eigenvalue weighted by Gasteiger charge is 2.34. The van der Waals surface area contributed by atoms with Crippen LogP contribution in [0.3, 0.4) is 0 Å². The minimum absolute atomic E-state index is 0.126. The smallest absolute Gasteiger partial charge is 0.253 e. The molecule has 1 atom stereocenters. The first-order valence-corrected chi connectivity index (χ1v) is 11.1. The number of likely N-dealkylation sites (tertiary alicyclic amines) is 1. The lowest BCUT2D eigenvalue weighted by Gasteiger charge is -2.36. The Morgan fingerprint density at radius 2 is 1.64 bits per heavy atom. The van der Waals surface area contributed by atoms with Gasteiger partial charge in [-0.05, 0) is 62.1 Å². The van der Waals surface area contributed by atoms with E-state index >= 15 is 0 Å². The average molecular weight is 456 g/mol. The topological polar surface area (TPSA) is 87.7 Å². The first kappa shape index (κ1) is 24.4. The van der Waals surface area contributed by atoms with Crippen molar-refractivity contribution < 1.29 is 23.5 Å². The number of piperidine rings is 1. The van der Waals surface area contributed by atoms with Crippen molar-refractivity contribution in [1.29, 1.82) is 0 Å². The molecule has 8 heteroatoms. The number of methoxy groups -OCH3 is 1. The van der Waals surface area contributed by atoms with Crippen molar-refractivity contribution >= 4 is 17.7 Å². The normalized spacial score (nSPS) is 15.1. The molecule has 1 aliphatic heterocycles. The Kier molecular flexibility index (Phi) is 8.54. The van der Waals surface area contributed by atoms with Crippen LogP contribution in [0, 0.1) is 18.7 Å². The van der Waals surface area contributed by atoms with Gasteiger partial charge < -0.3 is 20.3 Å². The van der Waals surface area contributed by atoms with Gasteiger partial charge in [-0.1, -0.05) is 17.7 Å². The molecular weight excluding hydrogens is 425 g/mol. The number of rotatable bonds is 8. The fourth-order valence-corrected chi connectivity index (χ4v) is 3.92. The van der Waals surface area contributed by atoms with Gasteiger partial charge in [-0.3, -0.25) is 14.4 Å². The standard InChI is InChI=1S/C25H30FN3O4/c1-17-3-5-19(6-4-17)23(30)28-22(24(31)27-13-16-33-2)18-11-14-29(15-12-18)25(32)20-7-9-21(26)10-8-20/h3-10,18,22H,11-16H2,1-2H3,(H,27,31)(H,28,30)/t22-/m1/s1. The molecule has 7 nitrogen and oxygen atoms in total. The number of ether oxygens (including phenoxy) is 1. The zero-order chi connectivity index (χ0) is 23.8. The molecule has 0 bridgehead atoms. The molecule has 0 spiro atoms. The van der Waals surface area contributed by atoms with Crippen molar-refractivity contribution in [2.45, 2.75) is 25.8 Å². The lowest BCUT2D eigenvalue weighted by Crippen LogP contribution is -2.54. The van der Waals surface area contributed by atoms with E-state index in [0.29, 0.717) is 50.2 Å². The van der Waals surface area contributed by atoms with Gasteiger partial charge in [-0.25, -0.2) is 4.39 Å². The van der Waals surface area contributed by atoms with Crippen LogP contribution in [0.15, 0.2) is 48.5 Å². The Balaban J connectivity index is 1.66. The minimum atomic E-state index is -0.723. The van der Waals surface area contributed by atoms with Crippen LogP contribution in [0.5, 0.6) is 0 Å². The minimum Gasteiger partial charge on any atom is -0.383 e. The maximum Gasteiger partial charge on any atom is 0.253 e. The van der Waals surface area contributed by atoms with E-state index in [1.165, 1.54) is 24.3 Å². The summed E-state index contributed by atoms with van der Waals surface area (Å²) in [5.74, 6) is -1.27. The van der Waals surface area contributed by atoms with Gasteiger partial charge >= 0.3 is 0 Å². The summed E-state index contributed by atoms with van der Waals surface area (Å²) in [7, 11) is 1.55. The molecule has 1 fully saturated rings. The van der Waals surface area contributed by atoms with Crippen LogP contribution in [0.25, 0.3) is 0 Å². The highest BCUT2D eigenvalue weighted by molar-refractivity contribution is 5.97. The molecule has 2 N–H and O–H groups in total. The number of hydrogen-bond donors (Lipinski definition) is 2. The summed E-state index contributed by atoms with van der Waals surface area (Å²) < 4.78 is 18.2. The van der Waals surface area contributed by atoms with Crippen LogP contribution in [0.4, 0.5) is 4.39 Å². The first-order valence-electron chi connectivity index (χ1n) is 11.1. The second-order valence-electron chi connectivity index (χ2n) is 8.24. The molecule has 3 rings (SSSR count). The highest BCUT2D eigenvalue weighted by atomic mass is 19.1. The number of hydrogen-bond acceptors (Lipinski definition) is 4. The Morgan fingerprint density at radius 3 is 2.24 bits per heavy atom. The summed E-state index contributed by atoms with van der Waals surface area (Å²) in [6.45, 7) is 3.55. The predicted octanol–water partition coefficient (Wildman–Crippen LogP) is 2.55. The molecule has 1 aliphatic rings. The first-order chi connectivity index (χ1) is 15.9. The fraction of sp³-hybridized carbons (Fsp3) is 0.400. The Labute approximate surface area is 193 Å². The number of benzene rings is 2. The zero-order valence-corrected chi connectivity index (χ0v) is 19.0. The van der Waals surface area contributed by atoms with Crippen molar-refractivity contribution in [2.75, 3.05) is 33.4 Å². The number of nitrogens with zero attached hydrogens (tertiary/aromatic N) is 1. The molecule has 3 amide bonds. The van der Waals surface area contributed by atoms with Gasteiger partial charge in [0.1, 0.15) is 11.9 Å². The molecule has 176 valence electrons. The number of amides is 3. The molecule has 0 unspecified atom stereocenters. The van der Waals surface area contributed by atoms with Gasteiger partial charge in [0.25, 0.3) is 11.8 Å². The Bertz CT molecular complexity index is 955. The number of carbonyl (C=O) groups excluding carboxylic acids is 3. The van der Waals surface area contributed by atoms with Crippen LogP contribution < -0.4 is 10.6 Å². The lowest BCUT2D eigenvalue weighted by atomic mass is 9.88. The maximum absolute atomic E-state index is 13.2. The fourth-order valence-electron chi connectivity index (χ4n) is 3.92. The summed E-state index contributed by atoms with van der Waals surface area (Å²) in [4.78, 5) is 40.2. The second-order valence-corrected chi connectivity index (χ2v) is 8.24. The van der Waals surface area contributed by atoms with E-state index in [2.05, 4.69) is 10.6 Å². The third-order valence-corrected chi connectivity index (χ3v) is 5.88. The molecule has 33 heavy (non-hydrogen) atoms. The van der Waals surface area contributed by atoms with Crippen molar-refractivity contribution in [1.82, 2.24) is 15.5 Å². The van der Waals surface area contributed by atoms with Crippen LogP contribution in [-0.2, 0) is 9.53 Å². The van der Waals surface area contributed by atoms with Crippen molar-refractivity contribution in [3.63, 3.8) is 0 Å². The largest absolute Gasteiger partial charge is 0.383 e. The van der Waals surface area contributed by atoms with Crippen LogP contribution in [0.1, 0.15) is 39.1 Å². The summed E-state index contributed by atoms with van der Waals surface area (Å²) in [6.07, 6.45) is 1.12. The zero-order valence-electron chi connectivity index (χ0n) is 19.0. The Morgan fingerprint density at radius 1 is 1.03 bits per heavy atom. The van der Waals surface area contributed by atoms with E-state index in [0.717, 1.165) is 5.56 Å². The summed E-state index contributed by atoms with van der Waals surface area (Å²) in [6, 6.07) is 11.9. The molecule has 0 aromatic heterocycles. The maximum atomic E-state index is 13.2. The summed E-state index contributed by atoms with van der Waals surface area (Å²) in [5.41, 5.74) is 1.95. The molecule has 2 aromatic rings. The van der Waals surface area contributed by atoms with Crippen LogP contribution in [0.2, 0.25) is 0 Å². The van der Waals surface area contributed by atoms with E-state index in [1.807, 2.05) is 19.1 Å². The van der Waals surface area contributed by atoms with Crippen molar-refractivity contribution in [3.8, 4) is 0 Å². The SMILES string of the molecule is COCCNC(=O)[C@H](NC(=O)c1ccc(C)cc1)C1CCN(C(=O)c2ccc(F)cc2)CC1. The van der Waals surface area contributed by atoms with E-state index in [9.17, 15) is 18.8 Å². The molecule has 0 aliphatic carbocycles. The quantitative estimate of drug-likeness (QED) is 0.599. The van der Waals surface area contributed by atoms with Crippen molar-refractivity contribution in [3.05, 3.63) is 71.0 Å². The highest BCUT2D eigenvalue weighted by Crippen LogP contribution is 2.23. The number of nitrogens with one attached hydrogen (secondary N) is 2. The van der Waals surface area contributed by atoms with Crippen molar-refractivity contribution in [2.24, 2.45) is 5.92 Å². The molecule has 0 saturated carbocycles. The van der Waals surface area contributed by atoms with Gasteiger partial charge in [0.2, 0.25) is 5.91 Å². The van der Waals surface area contributed by atoms with Crippen LogP contribution >= 0.6 is 0 Å². The molecule has 0 radical (unpaired) electrons. The van der Waals surface area contributed by atoms with E-state index in [-0.39, 0.29) is 23.6 Å². The van der Waals surface area contributed by atoms with Gasteiger partial charge in [-0.15, -0.1) is 0 Å². The van der Waals surface area contributed by atoms with E-state index < -0.39 is 11.9 Å². The summed E-state index contributed by atoms with van der Waals surface area (Å²) in [5, 5.41) is 5.71. The monoisotopic (exact) mass is 455 g/mol. The van der Waals surface area contributed by atoms with Gasteiger partial charge in [0, 0.05) is 37.9 Å². The lowest BCUT2D eigenvalue weighted by molar-refractivity contribution is -0.124.